The van der Waals surface area contributed by atoms with Crippen molar-refractivity contribution in [1.29, 1.82) is 0 Å². The number of aromatic nitrogens is 2. The molecular weight excluding hydrogens is 228 g/mol. The molecule has 0 aliphatic carbocycles. The summed E-state index contributed by atoms with van der Waals surface area (Å²) in [6.07, 6.45) is 1.74. The van der Waals surface area contributed by atoms with Crippen LogP contribution in [0.4, 0.5) is 5.82 Å². The molecule has 2 aliphatic rings. The van der Waals surface area contributed by atoms with Gasteiger partial charge in [0, 0.05) is 32.2 Å². The van der Waals surface area contributed by atoms with Crippen molar-refractivity contribution in [2.75, 3.05) is 31.1 Å². The summed E-state index contributed by atoms with van der Waals surface area (Å²) in [5.74, 6) is 3.21. The molecule has 0 spiro atoms. The van der Waals surface area contributed by atoms with Gasteiger partial charge in [0.15, 0.2) is 0 Å². The lowest BCUT2D eigenvalue weighted by molar-refractivity contribution is 0.232. The Kier molecular flexibility index (Phi) is 3.07. The van der Waals surface area contributed by atoms with E-state index in [0.29, 0.717) is 5.88 Å². The smallest absolute Gasteiger partial charge is 0.218 e. The third kappa shape index (κ3) is 2.27. The number of nitrogens with zero attached hydrogens (tertiary/aromatic N) is 3. The second kappa shape index (κ2) is 4.72. The second-order valence-corrected chi connectivity index (χ2v) is 5.46. The molecule has 2 fully saturated rings. The van der Waals surface area contributed by atoms with Crippen molar-refractivity contribution >= 4 is 5.82 Å². The monoisotopic (exact) mass is 248 g/mol. The maximum Gasteiger partial charge on any atom is 0.218 e. The van der Waals surface area contributed by atoms with E-state index in [2.05, 4.69) is 20.2 Å². The minimum absolute atomic E-state index is 0.148. The predicted molar refractivity (Wildman–Crippen MR) is 69.9 cm³/mol. The van der Waals surface area contributed by atoms with Crippen molar-refractivity contribution in [3.8, 4) is 5.88 Å². The van der Waals surface area contributed by atoms with E-state index in [1.807, 2.05) is 19.9 Å². The molecule has 2 saturated heterocycles. The highest BCUT2D eigenvalue weighted by Gasteiger charge is 2.36. The zero-order valence-electron chi connectivity index (χ0n) is 11.0. The molecular formula is C13H20N4O. The van der Waals surface area contributed by atoms with Crippen molar-refractivity contribution in [3.63, 3.8) is 0 Å². The molecule has 1 aromatic rings. The SMILES string of the molecule is CC(C)Oc1cc(N2C[C@H]3CNC[C@H]3C2)ncn1. The van der Waals surface area contributed by atoms with E-state index >= 15 is 0 Å². The number of hydrogen-bond acceptors (Lipinski definition) is 5. The van der Waals surface area contributed by atoms with Crippen LogP contribution in [0.25, 0.3) is 0 Å². The molecule has 2 atom stereocenters. The highest BCUT2D eigenvalue weighted by atomic mass is 16.5. The molecule has 0 unspecified atom stereocenters. The summed E-state index contributed by atoms with van der Waals surface area (Å²) in [6.45, 7) is 8.48. The largest absolute Gasteiger partial charge is 0.475 e. The highest BCUT2D eigenvalue weighted by molar-refractivity contribution is 5.42. The molecule has 0 radical (unpaired) electrons. The molecule has 5 nitrogen and oxygen atoms in total. The van der Waals surface area contributed by atoms with Gasteiger partial charge < -0.3 is 15.0 Å². The van der Waals surface area contributed by atoms with E-state index in [1.165, 1.54) is 0 Å². The van der Waals surface area contributed by atoms with Crippen LogP contribution < -0.4 is 15.0 Å². The van der Waals surface area contributed by atoms with Crippen molar-refractivity contribution in [3.05, 3.63) is 12.4 Å². The Balaban J connectivity index is 1.72. The number of rotatable bonds is 3. The Morgan fingerprint density at radius 1 is 1.28 bits per heavy atom. The van der Waals surface area contributed by atoms with Gasteiger partial charge in [0.25, 0.3) is 0 Å². The summed E-state index contributed by atoms with van der Waals surface area (Å²) in [5.41, 5.74) is 0. The van der Waals surface area contributed by atoms with E-state index < -0.39 is 0 Å². The van der Waals surface area contributed by atoms with E-state index in [4.69, 9.17) is 4.74 Å². The van der Waals surface area contributed by atoms with Crippen LogP contribution in [0.2, 0.25) is 0 Å². The average molecular weight is 248 g/mol. The third-order valence-corrected chi connectivity index (χ3v) is 3.70. The topological polar surface area (TPSA) is 50.3 Å². The quantitative estimate of drug-likeness (QED) is 0.862. The number of ether oxygens (including phenoxy) is 1. The first-order valence-corrected chi connectivity index (χ1v) is 6.66. The maximum atomic E-state index is 5.62. The lowest BCUT2D eigenvalue weighted by Gasteiger charge is -2.19. The van der Waals surface area contributed by atoms with E-state index in [-0.39, 0.29) is 6.10 Å². The summed E-state index contributed by atoms with van der Waals surface area (Å²) in [6, 6.07) is 1.95. The summed E-state index contributed by atoms with van der Waals surface area (Å²) in [5, 5.41) is 3.45. The minimum atomic E-state index is 0.148. The second-order valence-electron chi connectivity index (χ2n) is 5.46. The standard InChI is InChI=1S/C13H20N4O/c1-9(2)18-13-3-12(15-8-16-13)17-6-10-4-14-5-11(10)7-17/h3,8-11,14H,4-7H2,1-2H3/t10-,11+. The van der Waals surface area contributed by atoms with Crippen molar-refractivity contribution < 1.29 is 4.74 Å². The van der Waals surface area contributed by atoms with E-state index in [1.54, 1.807) is 6.33 Å². The minimum Gasteiger partial charge on any atom is -0.475 e. The molecule has 0 saturated carbocycles. The zero-order chi connectivity index (χ0) is 12.5. The first-order valence-electron chi connectivity index (χ1n) is 6.66. The zero-order valence-corrected chi connectivity index (χ0v) is 11.0. The predicted octanol–water partition coefficient (Wildman–Crippen LogP) is 0.919. The molecule has 98 valence electrons. The molecule has 1 aromatic heterocycles. The fraction of sp³-hybridized carbons (Fsp3) is 0.692. The van der Waals surface area contributed by atoms with Crippen LogP contribution in [0.15, 0.2) is 12.4 Å². The Morgan fingerprint density at radius 3 is 2.67 bits per heavy atom. The molecule has 0 bridgehead atoms. The van der Waals surface area contributed by atoms with E-state index in [0.717, 1.165) is 43.8 Å². The van der Waals surface area contributed by atoms with Gasteiger partial charge in [-0.25, -0.2) is 9.97 Å². The molecule has 3 heterocycles. The van der Waals surface area contributed by atoms with Crippen LogP contribution in [-0.2, 0) is 0 Å². The maximum absolute atomic E-state index is 5.62. The average Bonchev–Trinajstić information content (AvgIpc) is 2.88. The summed E-state index contributed by atoms with van der Waals surface area (Å²) in [4.78, 5) is 10.9. The third-order valence-electron chi connectivity index (χ3n) is 3.70. The normalized spacial score (nSPS) is 26.7. The van der Waals surface area contributed by atoms with Gasteiger partial charge in [-0.05, 0) is 25.7 Å². The van der Waals surface area contributed by atoms with Crippen LogP contribution in [0.1, 0.15) is 13.8 Å². The number of hydrogen-bond donors (Lipinski definition) is 1. The Hall–Kier alpha value is -1.36. The molecule has 18 heavy (non-hydrogen) atoms. The fourth-order valence-electron chi connectivity index (χ4n) is 2.85. The Morgan fingerprint density at radius 2 is 2.00 bits per heavy atom. The van der Waals surface area contributed by atoms with Crippen LogP contribution >= 0.6 is 0 Å². The molecule has 5 heteroatoms. The van der Waals surface area contributed by atoms with Gasteiger partial charge in [-0.1, -0.05) is 0 Å². The molecule has 1 N–H and O–H groups in total. The van der Waals surface area contributed by atoms with Gasteiger partial charge in [0.1, 0.15) is 12.1 Å². The molecule has 2 aliphatic heterocycles. The van der Waals surface area contributed by atoms with Crippen molar-refractivity contribution in [1.82, 2.24) is 15.3 Å². The highest BCUT2D eigenvalue weighted by Crippen LogP contribution is 2.30. The van der Waals surface area contributed by atoms with Gasteiger partial charge in [0.2, 0.25) is 5.88 Å². The van der Waals surface area contributed by atoms with Gasteiger partial charge in [0.05, 0.1) is 6.10 Å². The van der Waals surface area contributed by atoms with Gasteiger partial charge in [-0.15, -0.1) is 0 Å². The first kappa shape index (κ1) is 11.7. The first-order chi connectivity index (χ1) is 8.72. The summed E-state index contributed by atoms with van der Waals surface area (Å²) >= 11 is 0. The van der Waals surface area contributed by atoms with Crippen molar-refractivity contribution in [2.45, 2.75) is 20.0 Å². The Labute approximate surface area is 108 Å². The summed E-state index contributed by atoms with van der Waals surface area (Å²) in [7, 11) is 0. The number of nitrogens with one attached hydrogen (secondary N) is 1. The Bertz CT molecular complexity index is 411. The summed E-state index contributed by atoms with van der Waals surface area (Å²) < 4.78 is 5.62. The van der Waals surface area contributed by atoms with Crippen LogP contribution in [0, 0.1) is 11.8 Å². The number of anilines is 1. The van der Waals surface area contributed by atoms with Crippen LogP contribution in [0.3, 0.4) is 0 Å². The molecule has 0 aromatic carbocycles. The lowest BCUT2D eigenvalue weighted by Crippen LogP contribution is -2.26. The van der Waals surface area contributed by atoms with E-state index in [9.17, 15) is 0 Å². The lowest BCUT2D eigenvalue weighted by atomic mass is 10.0. The molecule has 3 rings (SSSR count). The van der Waals surface area contributed by atoms with Gasteiger partial charge in [-0.2, -0.15) is 0 Å². The molecule has 0 amide bonds. The van der Waals surface area contributed by atoms with Gasteiger partial charge >= 0.3 is 0 Å². The van der Waals surface area contributed by atoms with Crippen molar-refractivity contribution in [2.24, 2.45) is 11.8 Å². The van der Waals surface area contributed by atoms with Crippen LogP contribution in [-0.4, -0.2) is 42.3 Å². The fourth-order valence-corrected chi connectivity index (χ4v) is 2.85. The van der Waals surface area contributed by atoms with Crippen LogP contribution in [0.5, 0.6) is 5.88 Å². The van der Waals surface area contributed by atoms with Gasteiger partial charge in [-0.3, -0.25) is 0 Å². The number of fused-ring (bicyclic) bond motifs is 1.